The minimum Gasteiger partial charge on any atom is -0.508 e. The first-order valence-corrected chi connectivity index (χ1v) is 8.73. The highest BCUT2D eigenvalue weighted by Crippen LogP contribution is 2.35. The van der Waals surface area contributed by atoms with E-state index in [0.717, 1.165) is 37.0 Å². The molecule has 0 heterocycles. The van der Waals surface area contributed by atoms with Crippen LogP contribution in [0.1, 0.15) is 49.0 Å². The van der Waals surface area contributed by atoms with Crippen molar-refractivity contribution >= 4 is 5.97 Å². The van der Waals surface area contributed by atoms with E-state index in [-0.39, 0.29) is 23.7 Å². The second kappa shape index (κ2) is 10.8. The fourth-order valence-corrected chi connectivity index (χ4v) is 2.14. The normalized spacial score (nSPS) is 10.0. The molecule has 0 radical (unpaired) electrons. The lowest BCUT2D eigenvalue weighted by Gasteiger charge is -2.05. The van der Waals surface area contributed by atoms with Gasteiger partial charge in [-0.25, -0.2) is 4.79 Å². The van der Waals surface area contributed by atoms with Gasteiger partial charge in [0.15, 0.2) is 17.2 Å². The number of benzene rings is 2. The zero-order valence-electron chi connectivity index (χ0n) is 15.5. The molecule has 0 aromatic heterocycles. The predicted molar refractivity (Wildman–Crippen MR) is 100 cm³/mol. The fraction of sp³-hybridized carbons (Fsp3) is 0.350. The Balaban J connectivity index is 0.000000277. The molecule has 0 amide bonds. The van der Waals surface area contributed by atoms with Gasteiger partial charge < -0.3 is 30.3 Å². The fourth-order valence-electron chi connectivity index (χ4n) is 2.14. The highest BCUT2D eigenvalue weighted by molar-refractivity contribution is 5.91. The molecule has 0 aliphatic carbocycles. The van der Waals surface area contributed by atoms with E-state index in [2.05, 4.69) is 6.92 Å². The molecule has 0 atom stereocenters. The molecule has 7 nitrogen and oxygen atoms in total. The van der Waals surface area contributed by atoms with Crippen LogP contribution in [-0.4, -0.2) is 38.1 Å². The van der Waals surface area contributed by atoms with E-state index < -0.39 is 23.2 Å². The molecule has 0 bridgehead atoms. The average Bonchev–Trinajstić information content (AvgIpc) is 2.65. The lowest BCUT2D eigenvalue weighted by molar-refractivity contribution is 0.0504. The summed E-state index contributed by atoms with van der Waals surface area (Å²) in [7, 11) is 0. The molecule has 5 N–H and O–H groups in total. The van der Waals surface area contributed by atoms with Crippen molar-refractivity contribution < 1.29 is 35.1 Å². The molecule has 7 heteroatoms. The number of carbonyl (C=O) groups excluding carboxylic acids is 1. The number of ether oxygens (including phenoxy) is 1. The summed E-state index contributed by atoms with van der Waals surface area (Å²) in [6.07, 6.45) is 3.64. The van der Waals surface area contributed by atoms with Crippen LogP contribution in [0.3, 0.4) is 0 Å². The molecule has 2 rings (SSSR count). The molecular weight excluding hydrogens is 352 g/mol. The van der Waals surface area contributed by atoms with E-state index in [1.807, 2.05) is 6.92 Å². The monoisotopic (exact) mass is 378 g/mol. The number of esters is 1. The van der Waals surface area contributed by atoms with Crippen molar-refractivity contribution in [3.63, 3.8) is 0 Å². The summed E-state index contributed by atoms with van der Waals surface area (Å²) >= 11 is 0. The van der Waals surface area contributed by atoms with Gasteiger partial charge in [0.1, 0.15) is 11.5 Å². The van der Waals surface area contributed by atoms with Gasteiger partial charge in [0, 0.05) is 0 Å². The van der Waals surface area contributed by atoms with Crippen LogP contribution in [0.25, 0.3) is 0 Å². The van der Waals surface area contributed by atoms with E-state index in [1.54, 1.807) is 6.07 Å². The zero-order chi connectivity index (χ0) is 20.4. The SMILES string of the molecule is CCCCc1cc(O)ccc1O.CCCOC(=O)c1cc(O)c(O)c(O)c1. The van der Waals surface area contributed by atoms with E-state index >= 15 is 0 Å². The Bertz CT molecular complexity index is 733. The molecule has 0 fully saturated rings. The summed E-state index contributed by atoms with van der Waals surface area (Å²) < 4.78 is 4.78. The number of hydrogen-bond acceptors (Lipinski definition) is 7. The number of aromatic hydroxyl groups is 5. The van der Waals surface area contributed by atoms with Crippen LogP contribution in [0.5, 0.6) is 28.7 Å². The van der Waals surface area contributed by atoms with Crippen LogP contribution in [0.2, 0.25) is 0 Å². The largest absolute Gasteiger partial charge is 0.508 e. The standard InChI is InChI=1S/C10H12O5.C10H14O2/c1-2-3-15-10(14)6-4-7(11)9(13)8(12)5-6;1-2-3-4-8-7-9(11)5-6-10(8)12/h4-5,11-13H,2-3H2,1H3;5-7,11-12H,2-4H2,1H3. The molecule has 0 aliphatic rings. The van der Waals surface area contributed by atoms with E-state index in [4.69, 9.17) is 25.2 Å². The second-order valence-corrected chi connectivity index (χ2v) is 5.92. The third-order valence-electron chi connectivity index (χ3n) is 3.61. The number of hydrogen-bond donors (Lipinski definition) is 5. The molecule has 27 heavy (non-hydrogen) atoms. The lowest BCUT2D eigenvalue weighted by atomic mass is 10.1. The summed E-state index contributed by atoms with van der Waals surface area (Å²) in [6, 6.07) is 6.70. The molecule has 0 saturated heterocycles. The summed E-state index contributed by atoms with van der Waals surface area (Å²) in [5.74, 6) is -1.92. The van der Waals surface area contributed by atoms with Gasteiger partial charge in [0.25, 0.3) is 0 Å². The molecule has 148 valence electrons. The van der Waals surface area contributed by atoms with E-state index in [0.29, 0.717) is 6.42 Å². The van der Waals surface area contributed by atoms with Crippen molar-refractivity contribution in [1.29, 1.82) is 0 Å². The van der Waals surface area contributed by atoms with Crippen molar-refractivity contribution in [1.82, 2.24) is 0 Å². The Kier molecular flexibility index (Phi) is 8.78. The van der Waals surface area contributed by atoms with E-state index in [9.17, 15) is 9.90 Å². The van der Waals surface area contributed by atoms with Crippen molar-refractivity contribution in [2.45, 2.75) is 39.5 Å². The van der Waals surface area contributed by atoms with Gasteiger partial charge in [-0.15, -0.1) is 0 Å². The highest BCUT2D eigenvalue weighted by Gasteiger charge is 2.14. The Morgan fingerprint density at radius 1 is 0.889 bits per heavy atom. The van der Waals surface area contributed by atoms with Gasteiger partial charge in [-0.3, -0.25) is 0 Å². The highest BCUT2D eigenvalue weighted by atomic mass is 16.5. The van der Waals surface area contributed by atoms with Crippen LogP contribution in [-0.2, 0) is 11.2 Å². The third kappa shape index (κ3) is 6.97. The molecular formula is C20H26O7. The maximum atomic E-state index is 11.3. The van der Waals surface area contributed by atoms with Gasteiger partial charge >= 0.3 is 5.97 Å². The van der Waals surface area contributed by atoms with Gasteiger partial charge in [0.2, 0.25) is 0 Å². The Morgan fingerprint density at radius 3 is 2.07 bits per heavy atom. The maximum absolute atomic E-state index is 11.3. The Hall–Kier alpha value is -3.09. The van der Waals surface area contributed by atoms with Crippen molar-refractivity contribution in [2.75, 3.05) is 6.61 Å². The van der Waals surface area contributed by atoms with Gasteiger partial charge in [-0.05, 0) is 55.2 Å². The molecule has 0 spiro atoms. The summed E-state index contributed by atoms with van der Waals surface area (Å²) in [5, 5.41) is 45.8. The summed E-state index contributed by atoms with van der Waals surface area (Å²) in [4.78, 5) is 11.3. The zero-order valence-corrected chi connectivity index (χ0v) is 15.5. The number of aryl methyl sites for hydroxylation is 1. The minimum atomic E-state index is -0.651. The van der Waals surface area contributed by atoms with Gasteiger partial charge in [0.05, 0.1) is 12.2 Å². The molecule has 0 saturated carbocycles. The van der Waals surface area contributed by atoms with Crippen molar-refractivity contribution in [3.05, 3.63) is 41.5 Å². The number of unbranched alkanes of at least 4 members (excludes halogenated alkanes) is 1. The first-order chi connectivity index (χ1) is 12.8. The molecule has 2 aromatic rings. The Labute approximate surface area is 158 Å². The number of phenolic OH excluding ortho intramolecular Hbond substituents is 5. The maximum Gasteiger partial charge on any atom is 0.338 e. The minimum absolute atomic E-state index is 0.00347. The number of phenols is 5. The predicted octanol–water partition coefficient (Wildman–Crippen LogP) is 3.81. The van der Waals surface area contributed by atoms with Crippen LogP contribution >= 0.6 is 0 Å². The molecule has 2 aromatic carbocycles. The smallest absolute Gasteiger partial charge is 0.338 e. The van der Waals surface area contributed by atoms with E-state index in [1.165, 1.54) is 12.1 Å². The van der Waals surface area contributed by atoms with Crippen LogP contribution in [0, 0.1) is 0 Å². The average molecular weight is 378 g/mol. The first-order valence-electron chi connectivity index (χ1n) is 8.73. The Morgan fingerprint density at radius 2 is 1.52 bits per heavy atom. The van der Waals surface area contributed by atoms with Crippen LogP contribution in [0.15, 0.2) is 30.3 Å². The topological polar surface area (TPSA) is 127 Å². The second-order valence-electron chi connectivity index (χ2n) is 5.92. The van der Waals surface area contributed by atoms with Crippen LogP contribution in [0.4, 0.5) is 0 Å². The molecule has 0 aliphatic heterocycles. The van der Waals surface area contributed by atoms with Crippen molar-refractivity contribution in [3.8, 4) is 28.7 Å². The lowest BCUT2D eigenvalue weighted by Crippen LogP contribution is -2.05. The number of carbonyl (C=O) groups is 1. The summed E-state index contributed by atoms with van der Waals surface area (Å²) in [6.45, 7) is 4.21. The van der Waals surface area contributed by atoms with Gasteiger partial charge in [-0.2, -0.15) is 0 Å². The number of rotatable bonds is 6. The van der Waals surface area contributed by atoms with Crippen LogP contribution < -0.4 is 0 Å². The third-order valence-corrected chi connectivity index (χ3v) is 3.61. The first kappa shape index (κ1) is 22.0. The molecule has 0 unspecified atom stereocenters. The van der Waals surface area contributed by atoms with Crippen molar-refractivity contribution in [2.24, 2.45) is 0 Å². The summed E-state index contributed by atoms with van der Waals surface area (Å²) in [5.41, 5.74) is 0.827. The van der Waals surface area contributed by atoms with Gasteiger partial charge in [-0.1, -0.05) is 20.3 Å². The quantitative estimate of drug-likeness (QED) is 0.294.